The maximum atomic E-state index is 12.0. The number of aryl methyl sites for hydroxylation is 2. The SMILES string of the molecule is CC(C)CC(=O)c1cc(NC(=O)C(C)C)cn1C.CC(C)CC(=O)c1ccc(CC(=O)C(C)C)cc1.CC(C)CC(=O)c1cnc(NC(=O)C(C)C)s1.CC(C)CC(=O)c1csc(NC(=O)C(C)C)n1.CC(C)CC(=O)c1nc(NC(=O)C(C)C)cn1C. The van der Waals surface area contributed by atoms with E-state index in [1.54, 1.807) is 40.0 Å². The van der Waals surface area contributed by atoms with E-state index in [1.807, 2.05) is 170 Å². The van der Waals surface area contributed by atoms with Crippen LogP contribution >= 0.6 is 22.7 Å². The lowest BCUT2D eigenvalue weighted by Gasteiger charge is -2.06. The molecule has 0 unspecified atom stereocenters. The van der Waals surface area contributed by atoms with E-state index >= 15 is 0 Å². The molecule has 0 radical (unpaired) electrons. The van der Waals surface area contributed by atoms with Crippen molar-refractivity contribution in [2.45, 2.75) is 177 Å². The average Bonchev–Trinajstić information content (AvgIpc) is 3.60. The van der Waals surface area contributed by atoms with Gasteiger partial charge in [0.05, 0.1) is 22.5 Å². The van der Waals surface area contributed by atoms with Crippen molar-refractivity contribution in [3.8, 4) is 0 Å². The first kappa shape index (κ1) is 78.9. The minimum Gasteiger partial charge on any atom is -0.346 e. The molecule has 486 valence electrons. The van der Waals surface area contributed by atoms with Crippen LogP contribution in [0.2, 0.25) is 0 Å². The summed E-state index contributed by atoms with van der Waals surface area (Å²) in [5, 5.41) is 13.5. The summed E-state index contributed by atoms with van der Waals surface area (Å²) in [6, 6.07) is 9.16. The number of aromatic nitrogens is 5. The Morgan fingerprint density at radius 1 is 0.466 bits per heavy atom. The summed E-state index contributed by atoms with van der Waals surface area (Å²) in [7, 11) is 3.57. The van der Waals surface area contributed by atoms with Crippen molar-refractivity contribution in [1.82, 2.24) is 24.1 Å². The zero-order valence-corrected chi connectivity index (χ0v) is 58.0. The number of amides is 4. The number of hydrogen-bond donors (Lipinski definition) is 4. The van der Waals surface area contributed by atoms with Crippen LogP contribution < -0.4 is 21.3 Å². The molecule has 0 saturated carbocycles. The van der Waals surface area contributed by atoms with Crippen LogP contribution in [0.5, 0.6) is 0 Å². The first-order chi connectivity index (χ1) is 40.8. The van der Waals surface area contributed by atoms with Crippen molar-refractivity contribution in [1.29, 1.82) is 0 Å². The second-order valence-corrected chi connectivity index (χ2v) is 27.4. The number of hydrogen-bond acceptors (Lipinski definition) is 15. The Kier molecular flexibility index (Phi) is 35.0. The fourth-order valence-corrected chi connectivity index (χ4v) is 8.74. The fraction of sp³-hybridized carbons (Fsp3) is 0.567. The van der Waals surface area contributed by atoms with Gasteiger partial charge in [0.25, 0.3) is 0 Å². The summed E-state index contributed by atoms with van der Waals surface area (Å²) < 4.78 is 3.42. The van der Waals surface area contributed by atoms with E-state index in [1.165, 1.54) is 28.9 Å². The number of carbonyl (C=O) groups excluding carboxylic acids is 10. The van der Waals surface area contributed by atoms with Gasteiger partial charge in [0.15, 0.2) is 50.8 Å². The predicted molar refractivity (Wildman–Crippen MR) is 356 cm³/mol. The van der Waals surface area contributed by atoms with Gasteiger partial charge in [-0.25, -0.2) is 15.0 Å². The van der Waals surface area contributed by atoms with E-state index in [0.29, 0.717) is 112 Å². The maximum Gasteiger partial charge on any atom is 0.228 e. The zero-order chi connectivity index (χ0) is 67.4. The molecule has 1 aromatic carbocycles. The predicted octanol–water partition coefficient (Wildman–Crippen LogP) is 14.7. The molecule has 0 aliphatic heterocycles. The number of rotatable bonds is 26. The molecular formula is C67H101N9O10S2. The van der Waals surface area contributed by atoms with E-state index in [0.717, 1.165) is 11.1 Å². The Labute approximate surface area is 531 Å². The van der Waals surface area contributed by atoms with Gasteiger partial charge in [-0.3, -0.25) is 47.9 Å². The molecule has 19 nitrogen and oxygen atoms in total. The highest BCUT2D eigenvalue weighted by Crippen LogP contribution is 2.23. The van der Waals surface area contributed by atoms with Gasteiger partial charge in [-0.1, -0.05) is 174 Å². The van der Waals surface area contributed by atoms with Crippen molar-refractivity contribution in [2.75, 3.05) is 21.3 Å². The lowest BCUT2D eigenvalue weighted by Crippen LogP contribution is -2.18. The summed E-state index contributed by atoms with van der Waals surface area (Å²) in [6.45, 7) is 38.4. The molecule has 4 N–H and O–H groups in total. The number of imidazole rings is 1. The van der Waals surface area contributed by atoms with Gasteiger partial charge in [0.2, 0.25) is 23.6 Å². The van der Waals surface area contributed by atoms with E-state index in [-0.39, 0.29) is 87.9 Å². The molecule has 0 aliphatic carbocycles. The van der Waals surface area contributed by atoms with Crippen LogP contribution in [-0.2, 0) is 44.5 Å². The van der Waals surface area contributed by atoms with Crippen LogP contribution in [0.1, 0.15) is 228 Å². The number of benzene rings is 1. The maximum absolute atomic E-state index is 12.0. The minimum atomic E-state index is -0.109. The van der Waals surface area contributed by atoms with Gasteiger partial charge >= 0.3 is 0 Å². The summed E-state index contributed by atoms with van der Waals surface area (Å²) >= 11 is 2.52. The van der Waals surface area contributed by atoms with E-state index in [2.05, 4.69) is 36.2 Å². The highest BCUT2D eigenvalue weighted by Gasteiger charge is 2.20. The van der Waals surface area contributed by atoms with E-state index in [4.69, 9.17) is 0 Å². The van der Waals surface area contributed by atoms with Crippen LogP contribution in [0.25, 0.3) is 0 Å². The molecule has 0 saturated heterocycles. The third-order valence-electron chi connectivity index (χ3n) is 12.3. The van der Waals surface area contributed by atoms with Gasteiger partial charge < -0.3 is 30.4 Å². The zero-order valence-electron chi connectivity index (χ0n) is 56.3. The van der Waals surface area contributed by atoms with Crippen LogP contribution in [0, 0.1) is 59.2 Å². The number of Topliss-reactive ketones (excluding diaryl/α,β-unsaturated/α-hetero) is 6. The molecular weight excluding hydrogens is 1150 g/mol. The van der Waals surface area contributed by atoms with Crippen LogP contribution in [-0.4, -0.2) is 82.4 Å². The van der Waals surface area contributed by atoms with E-state index < -0.39 is 0 Å². The Hall–Kier alpha value is -7.13. The van der Waals surface area contributed by atoms with Gasteiger partial charge in [0, 0.05) is 106 Å². The van der Waals surface area contributed by atoms with Crippen LogP contribution in [0.4, 0.5) is 21.8 Å². The standard InChI is InChI=1S/C16H22O2.C14H22N2O2.C13H21N3O2.2C12H18N2O2S/c1-11(2)9-16(18)14-7-5-13(6-8-14)10-15(17)12(3)4;1-9(2)6-13(17)12-7-11(8-16(12)5)15-14(18)10(3)4;1-8(2)6-10(17)12-14-11(7-16(12)5)15-13(18)9(3)4;1-7(2)5-10(15)9-6-17-12(13-9)14-11(16)8(3)4;1-7(2)5-9(15)10-6-13-12(17-10)14-11(16)8(3)4/h5-8,11-12H,9-10H2,1-4H3;7-10H,6H2,1-5H3,(H,15,18);7-9H,6H2,1-5H3,(H,15,18);2*6-8H,5H2,1-4H3,(H,13,14,16). The molecule has 88 heavy (non-hydrogen) atoms. The fourth-order valence-electron chi connectivity index (χ4n) is 7.26. The second kappa shape index (κ2) is 39.0. The quantitative estimate of drug-likeness (QED) is 0.0376. The third kappa shape index (κ3) is 30.7. The summed E-state index contributed by atoms with van der Waals surface area (Å²) in [5.74, 6) is 2.51. The van der Waals surface area contributed by atoms with Gasteiger partial charge in [-0.05, 0) is 41.2 Å². The van der Waals surface area contributed by atoms with Crippen molar-refractivity contribution in [3.63, 3.8) is 0 Å². The Bertz CT molecular complexity index is 2920. The highest BCUT2D eigenvalue weighted by molar-refractivity contribution is 7.17. The first-order valence-electron chi connectivity index (χ1n) is 30.4. The molecule has 0 spiro atoms. The van der Waals surface area contributed by atoms with Crippen LogP contribution in [0.3, 0.4) is 0 Å². The number of carbonyl (C=O) groups is 10. The summed E-state index contributed by atoms with van der Waals surface area (Å²) in [6.07, 6.45) is 7.98. The first-order valence-corrected chi connectivity index (χ1v) is 32.1. The molecule has 5 rings (SSSR count). The minimum absolute atomic E-state index is 0.00227. The number of nitrogens with one attached hydrogen (secondary N) is 4. The molecule has 4 heterocycles. The van der Waals surface area contributed by atoms with Crippen molar-refractivity contribution >= 4 is 103 Å². The van der Waals surface area contributed by atoms with Crippen molar-refractivity contribution in [2.24, 2.45) is 73.3 Å². The Morgan fingerprint density at radius 2 is 0.909 bits per heavy atom. The molecule has 4 amide bonds. The molecule has 0 fully saturated rings. The Balaban J connectivity index is 0.000000550. The lowest BCUT2D eigenvalue weighted by atomic mass is 9.97. The molecule has 4 aromatic heterocycles. The summed E-state index contributed by atoms with van der Waals surface area (Å²) in [5.41, 5.74) is 3.49. The van der Waals surface area contributed by atoms with Gasteiger partial charge in [-0.2, -0.15) is 0 Å². The number of thiazole rings is 2. The molecule has 0 atom stereocenters. The van der Waals surface area contributed by atoms with Gasteiger partial charge in [0.1, 0.15) is 11.5 Å². The normalized spacial score (nSPS) is 11.0. The van der Waals surface area contributed by atoms with E-state index in [9.17, 15) is 47.9 Å². The molecule has 5 aromatic rings. The van der Waals surface area contributed by atoms with Crippen LogP contribution in [0.15, 0.2) is 54.3 Å². The third-order valence-corrected chi connectivity index (χ3v) is 14.0. The highest BCUT2D eigenvalue weighted by atomic mass is 32.1. The number of anilines is 4. The summed E-state index contributed by atoms with van der Waals surface area (Å²) in [4.78, 5) is 130. The smallest absolute Gasteiger partial charge is 0.228 e. The number of ketones is 6. The molecule has 21 heteroatoms. The lowest BCUT2D eigenvalue weighted by molar-refractivity contribution is -0.121. The topological polar surface area (TPSA) is 267 Å². The van der Waals surface area contributed by atoms with Gasteiger partial charge in [-0.15, -0.1) is 11.3 Å². The largest absolute Gasteiger partial charge is 0.346 e. The monoisotopic (exact) mass is 1260 g/mol. The number of nitrogens with zero attached hydrogens (tertiary/aromatic N) is 5. The molecule has 0 aliphatic rings. The molecule has 0 bridgehead atoms. The average molecular weight is 1260 g/mol. The van der Waals surface area contributed by atoms with Crippen molar-refractivity contribution < 1.29 is 47.9 Å². The Morgan fingerprint density at radius 3 is 1.40 bits per heavy atom. The second-order valence-electron chi connectivity index (χ2n) is 25.5. The van der Waals surface area contributed by atoms with Crippen molar-refractivity contribution in [3.05, 3.63) is 87.5 Å².